The van der Waals surface area contributed by atoms with E-state index >= 15 is 0 Å². The van der Waals surface area contributed by atoms with E-state index in [0.717, 1.165) is 6.34 Å². The quantitative estimate of drug-likeness (QED) is 0.144. The number of alkyl halides is 2. The van der Waals surface area contributed by atoms with Crippen LogP contribution in [0.15, 0.2) is 52.0 Å². The van der Waals surface area contributed by atoms with Gasteiger partial charge in [0.05, 0.1) is 18.5 Å². The minimum Gasteiger partial charge on any atom is -0.480 e. The van der Waals surface area contributed by atoms with Crippen molar-refractivity contribution in [2.75, 3.05) is 38.6 Å². The van der Waals surface area contributed by atoms with E-state index in [1.54, 1.807) is 19.3 Å². The number of hydrogen-bond acceptors (Lipinski definition) is 8. The molecule has 0 radical (unpaired) electrons. The number of likely N-dealkylation sites (tertiary alicyclic amines) is 1. The van der Waals surface area contributed by atoms with E-state index < -0.39 is 48.3 Å². The van der Waals surface area contributed by atoms with Gasteiger partial charge in [-0.15, -0.1) is 11.8 Å². The minimum atomic E-state index is -1.81. The lowest BCUT2D eigenvalue weighted by Crippen LogP contribution is -2.54. The van der Waals surface area contributed by atoms with Gasteiger partial charge < -0.3 is 26.0 Å². The van der Waals surface area contributed by atoms with E-state index in [0.29, 0.717) is 11.1 Å². The predicted molar refractivity (Wildman–Crippen MR) is 139 cm³/mol. The maximum Gasteiger partial charge on any atom is 0.336 e. The average molecular weight is 559 g/mol. The summed E-state index contributed by atoms with van der Waals surface area (Å²) in [5.41, 5.74) is 10.7. The van der Waals surface area contributed by atoms with Crippen molar-refractivity contribution in [2.45, 2.75) is 37.8 Å². The second kappa shape index (κ2) is 14.8. The van der Waals surface area contributed by atoms with Crippen LogP contribution in [0.4, 0.5) is 13.2 Å². The molecule has 3 atom stereocenters. The van der Waals surface area contributed by atoms with Gasteiger partial charge in [0.1, 0.15) is 36.4 Å². The van der Waals surface area contributed by atoms with Crippen LogP contribution in [0, 0.1) is 5.82 Å². The number of carboxylic acids is 1. The molecule has 5 N–H and O–H groups in total. The van der Waals surface area contributed by atoms with Crippen LogP contribution < -0.4 is 11.5 Å². The molecule has 0 bridgehead atoms. The number of piperidine rings is 1. The Balaban J connectivity index is 2.57. The van der Waals surface area contributed by atoms with Crippen LogP contribution in [0.1, 0.15) is 19.4 Å². The lowest BCUT2D eigenvalue weighted by atomic mass is 9.82. The monoisotopic (exact) mass is 558 g/mol. The first-order chi connectivity index (χ1) is 18.1. The standard InChI is InChI=1S/C25H33F3N4O5S/c1-3-36-24(35)22(25(2,31-15-30)17-4-6-18(26)7-5-17)16(14-38-9-8-29)10-32-11-19(27)23(20(28)12-32)37-13-21(33)34/h4-9,15,19-20,23H,3,10-14,29H2,1-2H3,(H2,30,31)(H,33,34)/b9-8-,22-16-/t19?,20?,23?,25-/m0/s1. The van der Waals surface area contributed by atoms with E-state index in [9.17, 15) is 22.8 Å². The maximum absolute atomic E-state index is 14.9. The van der Waals surface area contributed by atoms with E-state index in [1.807, 2.05) is 0 Å². The van der Waals surface area contributed by atoms with E-state index in [-0.39, 0.29) is 37.6 Å². The highest BCUT2D eigenvalue weighted by Crippen LogP contribution is 2.38. The highest BCUT2D eigenvalue weighted by Gasteiger charge is 2.42. The normalized spacial score (nSPS) is 22.8. The van der Waals surface area contributed by atoms with Gasteiger partial charge in [0, 0.05) is 31.6 Å². The van der Waals surface area contributed by atoms with Gasteiger partial charge in [0.25, 0.3) is 0 Å². The van der Waals surface area contributed by atoms with Crippen LogP contribution in [-0.2, 0) is 24.6 Å². The molecule has 38 heavy (non-hydrogen) atoms. The molecule has 0 aromatic heterocycles. The summed E-state index contributed by atoms with van der Waals surface area (Å²) in [6, 6.07) is 5.37. The molecule has 1 aliphatic rings. The van der Waals surface area contributed by atoms with Gasteiger partial charge in [0.15, 0.2) is 0 Å². The van der Waals surface area contributed by atoms with Gasteiger partial charge in [-0.3, -0.25) is 9.89 Å². The molecule has 2 rings (SSSR count). The number of carbonyl (C=O) groups excluding carboxylic acids is 1. The van der Waals surface area contributed by atoms with Crippen molar-refractivity contribution in [1.82, 2.24) is 4.90 Å². The van der Waals surface area contributed by atoms with Gasteiger partial charge in [0.2, 0.25) is 0 Å². The summed E-state index contributed by atoms with van der Waals surface area (Å²) in [6.45, 7) is 1.88. The highest BCUT2D eigenvalue weighted by atomic mass is 32.2. The first-order valence-corrected chi connectivity index (χ1v) is 12.9. The first-order valence-electron chi connectivity index (χ1n) is 11.8. The van der Waals surface area contributed by atoms with E-state index in [2.05, 4.69) is 4.99 Å². The fraction of sp³-hybridized carbons (Fsp3) is 0.480. The Morgan fingerprint density at radius 2 is 1.87 bits per heavy atom. The molecule has 0 amide bonds. The molecule has 0 aliphatic carbocycles. The third-order valence-corrected chi connectivity index (χ3v) is 6.75. The van der Waals surface area contributed by atoms with Gasteiger partial charge >= 0.3 is 11.9 Å². The summed E-state index contributed by atoms with van der Waals surface area (Å²) in [7, 11) is 0. The third-order valence-electron chi connectivity index (χ3n) is 5.88. The second-order valence-electron chi connectivity index (χ2n) is 8.59. The Morgan fingerprint density at radius 3 is 2.39 bits per heavy atom. The van der Waals surface area contributed by atoms with Gasteiger partial charge in [-0.1, -0.05) is 12.1 Å². The number of nitrogens with two attached hydrogens (primary N) is 2. The molecule has 9 nitrogen and oxygen atoms in total. The maximum atomic E-state index is 14.9. The summed E-state index contributed by atoms with van der Waals surface area (Å²) in [5.74, 6) is -2.36. The number of hydrogen-bond donors (Lipinski definition) is 3. The number of carboxylic acid groups (broad SMARTS) is 1. The number of nitrogens with zero attached hydrogens (tertiary/aromatic N) is 2. The zero-order valence-corrected chi connectivity index (χ0v) is 22.0. The minimum absolute atomic E-state index is 0.0444. The van der Waals surface area contributed by atoms with Crippen molar-refractivity contribution >= 4 is 30.0 Å². The summed E-state index contributed by atoms with van der Waals surface area (Å²) in [6.07, 6.45) is -2.82. The number of esters is 1. The lowest BCUT2D eigenvalue weighted by molar-refractivity contribution is -0.151. The van der Waals surface area contributed by atoms with Crippen LogP contribution in [0.3, 0.4) is 0 Å². The van der Waals surface area contributed by atoms with Crippen molar-refractivity contribution in [2.24, 2.45) is 16.5 Å². The number of aliphatic carboxylic acids is 1. The lowest BCUT2D eigenvalue weighted by Gasteiger charge is -2.38. The average Bonchev–Trinajstić information content (AvgIpc) is 2.84. The predicted octanol–water partition coefficient (Wildman–Crippen LogP) is 2.51. The van der Waals surface area contributed by atoms with Gasteiger partial charge in [-0.2, -0.15) is 0 Å². The number of benzene rings is 1. The van der Waals surface area contributed by atoms with Crippen LogP contribution in [0.2, 0.25) is 0 Å². The van der Waals surface area contributed by atoms with Crippen molar-refractivity contribution in [3.8, 4) is 0 Å². The van der Waals surface area contributed by atoms with E-state index in [1.165, 1.54) is 47.1 Å². The molecule has 1 fully saturated rings. The molecule has 210 valence electrons. The smallest absolute Gasteiger partial charge is 0.336 e. The third kappa shape index (κ3) is 8.23. The van der Waals surface area contributed by atoms with Crippen molar-refractivity contribution in [3.63, 3.8) is 0 Å². The van der Waals surface area contributed by atoms with Gasteiger partial charge in [-0.25, -0.2) is 22.8 Å². The molecular formula is C25H33F3N4O5S. The number of rotatable bonds is 13. The highest BCUT2D eigenvalue weighted by molar-refractivity contribution is 8.02. The number of aliphatic imine (C=N–C) groups is 1. The topological polar surface area (TPSA) is 140 Å². The zero-order chi connectivity index (χ0) is 28.3. The summed E-state index contributed by atoms with van der Waals surface area (Å²) in [4.78, 5) is 30.0. The van der Waals surface area contributed by atoms with Crippen LogP contribution >= 0.6 is 11.8 Å². The van der Waals surface area contributed by atoms with E-state index in [4.69, 9.17) is 26.0 Å². The summed E-state index contributed by atoms with van der Waals surface area (Å²) < 4.78 is 53.7. The number of thioether (sulfide) groups is 1. The van der Waals surface area contributed by atoms with Crippen molar-refractivity contribution in [3.05, 3.63) is 58.4 Å². The van der Waals surface area contributed by atoms with Crippen LogP contribution in [0.25, 0.3) is 0 Å². The van der Waals surface area contributed by atoms with Crippen LogP contribution in [0.5, 0.6) is 0 Å². The Bertz CT molecular complexity index is 1030. The molecule has 1 aromatic rings. The molecule has 2 unspecified atom stereocenters. The first kappa shape index (κ1) is 31.2. The Labute approximate surface area is 223 Å². The summed E-state index contributed by atoms with van der Waals surface area (Å²) in [5, 5.41) is 10.4. The van der Waals surface area contributed by atoms with Gasteiger partial charge in [-0.05, 0) is 42.5 Å². The van der Waals surface area contributed by atoms with Crippen LogP contribution in [-0.4, -0.2) is 85.3 Å². The molecular weight excluding hydrogens is 525 g/mol. The summed E-state index contributed by atoms with van der Waals surface area (Å²) >= 11 is 1.24. The SMILES string of the molecule is CCOC(=O)/C(=C(/CS/C=C\N)CN1CC(F)C(OCC(=O)O)C(F)C1)[C@@](C)(N=CN)c1ccc(F)cc1. The molecule has 1 heterocycles. The van der Waals surface area contributed by atoms with Crippen molar-refractivity contribution in [1.29, 1.82) is 0 Å². The molecule has 13 heteroatoms. The fourth-order valence-corrected chi connectivity index (χ4v) is 4.92. The number of ether oxygens (including phenoxy) is 2. The molecule has 1 saturated heterocycles. The zero-order valence-electron chi connectivity index (χ0n) is 21.2. The van der Waals surface area contributed by atoms with Crippen molar-refractivity contribution < 1.29 is 37.3 Å². The molecule has 0 saturated carbocycles. The number of halogens is 3. The molecule has 0 spiro atoms. The Kier molecular flexibility index (Phi) is 12.1. The fourth-order valence-electron chi connectivity index (χ4n) is 4.28. The molecule has 1 aliphatic heterocycles. The number of carbonyl (C=O) groups is 2. The molecule has 1 aromatic carbocycles. The largest absolute Gasteiger partial charge is 0.480 e. The Hall–Kier alpha value is -3.03. The Morgan fingerprint density at radius 1 is 1.24 bits per heavy atom. The second-order valence-corrected chi connectivity index (χ2v) is 9.49.